The van der Waals surface area contributed by atoms with Crippen LogP contribution >= 0.6 is 23.1 Å². The third-order valence-electron chi connectivity index (χ3n) is 5.08. The Kier molecular flexibility index (Phi) is 7.30. The number of nitrogens with one attached hydrogen (secondary N) is 1. The number of benzene rings is 3. The van der Waals surface area contributed by atoms with Crippen molar-refractivity contribution in [2.45, 2.75) is 19.6 Å². The zero-order chi connectivity index (χ0) is 24.2. The van der Waals surface area contributed by atoms with Crippen molar-refractivity contribution in [3.8, 4) is 17.4 Å². The van der Waals surface area contributed by atoms with E-state index in [1.165, 1.54) is 18.2 Å². The minimum atomic E-state index is -1.01. The summed E-state index contributed by atoms with van der Waals surface area (Å²) in [5.41, 5.74) is 8.94. The minimum absolute atomic E-state index is 0.169. The lowest BCUT2D eigenvalue weighted by Gasteiger charge is -2.23. The Morgan fingerprint density at radius 3 is 2.65 bits per heavy atom. The zero-order valence-corrected chi connectivity index (χ0v) is 19.6. The van der Waals surface area contributed by atoms with Crippen LogP contribution in [-0.2, 0) is 6.54 Å². The molecule has 7 nitrogen and oxygen atoms in total. The first kappa shape index (κ1) is 23.9. The van der Waals surface area contributed by atoms with E-state index in [-0.39, 0.29) is 23.0 Å². The second-order valence-corrected chi connectivity index (χ2v) is 8.74. The monoisotopic (exact) mass is 500 g/mol. The maximum absolute atomic E-state index is 13.3. The summed E-state index contributed by atoms with van der Waals surface area (Å²) in [5, 5.41) is 25.7. The number of aromatic nitrogens is 1. The molecule has 1 heterocycles. The molecule has 3 aromatic carbocycles. The topological polar surface area (TPSA) is 104 Å². The van der Waals surface area contributed by atoms with Crippen LogP contribution in [0.15, 0.2) is 66.7 Å². The normalized spacial score (nSPS) is 12.1. The summed E-state index contributed by atoms with van der Waals surface area (Å²) in [6, 6.07) is 18.6. The molecule has 4 rings (SSSR count). The molecule has 0 fully saturated rings. The molecule has 0 spiro atoms. The molecule has 1 atom stereocenters. The van der Waals surface area contributed by atoms with Crippen LogP contribution in [0.4, 0.5) is 15.1 Å². The first-order valence-corrected chi connectivity index (χ1v) is 11.4. The second kappa shape index (κ2) is 10.4. The van der Waals surface area contributed by atoms with Crippen molar-refractivity contribution in [3.63, 3.8) is 0 Å². The standard InChI is InChI=1S/C24H22ClFN4O3S/c1-14-11-17(33-20-10-7-16(26)12-18(20)25)8-9-19(14)28-24-21(23(31)29-34-24)22(27)30(32)13-15-5-3-2-4-6-15/h2-12,22,28,32H,13,27H2,1H3,(H,29,31). The molecule has 0 aliphatic rings. The molecule has 34 heavy (non-hydrogen) atoms. The molecule has 1 unspecified atom stereocenters. The zero-order valence-electron chi connectivity index (χ0n) is 18.1. The van der Waals surface area contributed by atoms with Crippen molar-refractivity contribution in [2.75, 3.05) is 5.32 Å². The average molecular weight is 501 g/mol. The lowest BCUT2D eigenvalue weighted by atomic mass is 10.1. The molecule has 0 amide bonds. The van der Waals surface area contributed by atoms with Gasteiger partial charge in [0.2, 0.25) is 5.88 Å². The van der Waals surface area contributed by atoms with E-state index in [1.807, 2.05) is 37.3 Å². The van der Waals surface area contributed by atoms with Crippen LogP contribution in [0.5, 0.6) is 17.4 Å². The lowest BCUT2D eigenvalue weighted by Crippen LogP contribution is -2.31. The Labute approximate surface area is 204 Å². The fourth-order valence-corrected chi connectivity index (χ4v) is 4.26. The van der Waals surface area contributed by atoms with Crippen molar-refractivity contribution in [3.05, 3.63) is 94.3 Å². The average Bonchev–Trinajstić information content (AvgIpc) is 3.17. The molecule has 4 aromatic rings. The van der Waals surface area contributed by atoms with Gasteiger partial charge in [-0.2, -0.15) is 9.44 Å². The largest absolute Gasteiger partial charge is 0.492 e. The van der Waals surface area contributed by atoms with Crippen molar-refractivity contribution in [1.29, 1.82) is 0 Å². The maximum atomic E-state index is 13.3. The number of hydroxylamine groups is 2. The highest BCUT2D eigenvalue weighted by atomic mass is 35.5. The van der Waals surface area contributed by atoms with Crippen LogP contribution < -0.4 is 15.8 Å². The highest BCUT2D eigenvalue weighted by Crippen LogP contribution is 2.39. The van der Waals surface area contributed by atoms with Crippen LogP contribution in [0, 0.1) is 12.7 Å². The Balaban J connectivity index is 1.51. The Bertz CT molecular complexity index is 1290. The van der Waals surface area contributed by atoms with Gasteiger partial charge in [-0.3, -0.25) is 0 Å². The van der Waals surface area contributed by atoms with Gasteiger partial charge in [0.15, 0.2) is 0 Å². The van der Waals surface area contributed by atoms with Gasteiger partial charge >= 0.3 is 0 Å². The first-order chi connectivity index (χ1) is 16.3. The number of anilines is 2. The van der Waals surface area contributed by atoms with E-state index in [0.717, 1.165) is 33.4 Å². The number of aryl methyl sites for hydroxylation is 1. The van der Waals surface area contributed by atoms with Crippen molar-refractivity contribution in [1.82, 2.24) is 9.44 Å². The van der Waals surface area contributed by atoms with E-state index in [0.29, 0.717) is 16.5 Å². The molecule has 0 bridgehead atoms. The van der Waals surface area contributed by atoms with E-state index in [9.17, 15) is 14.7 Å². The Hall–Kier alpha value is -3.21. The van der Waals surface area contributed by atoms with Gasteiger partial charge in [-0.25, -0.2) is 4.39 Å². The summed E-state index contributed by atoms with van der Waals surface area (Å²) in [6.45, 7) is 2.05. The predicted octanol–water partition coefficient (Wildman–Crippen LogP) is 6.33. The molecule has 1 aromatic heterocycles. The van der Waals surface area contributed by atoms with Crippen LogP contribution in [-0.4, -0.2) is 19.8 Å². The van der Waals surface area contributed by atoms with Crippen molar-refractivity contribution < 1.29 is 19.4 Å². The summed E-state index contributed by atoms with van der Waals surface area (Å²) in [5.74, 6) is 0.158. The first-order valence-electron chi connectivity index (χ1n) is 10.3. The Morgan fingerprint density at radius 2 is 1.94 bits per heavy atom. The van der Waals surface area contributed by atoms with E-state index < -0.39 is 12.0 Å². The van der Waals surface area contributed by atoms with Gasteiger partial charge in [0, 0.05) is 5.69 Å². The van der Waals surface area contributed by atoms with Crippen LogP contribution in [0.2, 0.25) is 5.02 Å². The van der Waals surface area contributed by atoms with Gasteiger partial charge in [0.05, 0.1) is 17.1 Å². The predicted molar refractivity (Wildman–Crippen MR) is 130 cm³/mol. The van der Waals surface area contributed by atoms with Gasteiger partial charge in [-0.05, 0) is 66.0 Å². The van der Waals surface area contributed by atoms with Crippen molar-refractivity contribution >= 4 is 33.8 Å². The molecule has 0 aliphatic carbocycles. The fourth-order valence-electron chi connectivity index (χ4n) is 3.31. The quantitative estimate of drug-likeness (QED) is 0.165. The van der Waals surface area contributed by atoms with E-state index in [1.54, 1.807) is 18.2 Å². The lowest BCUT2D eigenvalue weighted by molar-refractivity contribution is -0.136. The highest BCUT2D eigenvalue weighted by molar-refractivity contribution is 7.10. The number of rotatable bonds is 8. The second-order valence-electron chi connectivity index (χ2n) is 7.56. The number of halogens is 2. The molecule has 10 heteroatoms. The van der Waals surface area contributed by atoms with Gasteiger partial charge in [-0.1, -0.05) is 41.9 Å². The van der Waals surface area contributed by atoms with Crippen LogP contribution in [0.25, 0.3) is 0 Å². The van der Waals surface area contributed by atoms with E-state index in [4.69, 9.17) is 22.1 Å². The fraction of sp³-hybridized carbons (Fsp3) is 0.125. The molecular weight excluding hydrogens is 479 g/mol. The summed E-state index contributed by atoms with van der Waals surface area (Å²) < 4.78 is 23.0. The number of aromatic hydroxyl groups is 1. The molecule has 0 aliphatic heterocycles. The summed E-state index contributed by atoms with van der Waals surface area (Å²) in [7, 11) is 0. The number of ether oxygens (including phenoxy) is 1. The minimum Gasteiger partial charge on any atom is -0.492 e. The van der Waals surface area contributed by atoms with E-state index >= 15 is 0 Å². The van der Waals surface area contributed by atoms with Crippen LogP contribution in [0.3, 0.4) is 0 Å². The number of hydrogen-bond donors (Lipinski definition) is 4. The third kappa shape index (κ3) is 5.46. The number of nitrogens with two attached hydrogens (primary N) is 1. The third-order valence-corrected chi connectivity index (χ3v) is 6.15. The van der Waals surface area contributed by atoms with Crippen molar-refractivity contribution in [2.24, 2.45) is 5.73 Å². The summed E-state index contributed by atoms with van der Waals surface area (Å²) in [6.07, 6.45) is -1.01. The number of hydrogen-bond acceptors (Lipinski definition) is 8. The molecule has 0 saturated heterocycles. The Morgan fingerprint density at radius 1 is 1.18 bits per heavy atom. The highest BCUT2D eigenvalue weighted by Gasteiger charge is 2.25. The van der Waals surface area contributed by atoms with Crippen LogP contribution in [0.1, 0.15) is 22.9 Å². The molecule has 0 saturated carbocycles. The van der Waals surface area contributed by atoms with E-state index in [2.05, 4.69) is 9.69 Å². The molecular formula is C24H22ClFN4O3S. The SMILES string of the molecule is Cc1cc(Oc2ccc(F)cc2Cl)ccc1Nc1snc(O)c1C(N)N(O)Cc1ccccc1. The summed E-state index contributed by atoms with van der Waals surface area (Å²) >= 11 is 7.07. The van der Waals surface area contributed by atoms with Gasteiger partial charge in [-0.15, -0.1) is 0 Å². The molecule has 5 N–H and O–H groups in total. The maximum Gasteiger partial charge on any atom is 0.231 e. The number of nitrogens with zero attached hydrogens (tertiary/aromatic N) is 2. The van der Waals surface area contributed by atoms with Gasteiger partial charge < -0.3 is 26.1 Å². The van der Waals surface area contributed by atoms with Gasteiger partial charge in [0.25, 0.3) is 0 Å². The summed E-state index contributed by atoms with van der Waals surface area (Å²) in [4.78, 5) is 0. The molecule has 0 radical (unpaired) electrons. The molecule has 176 valence electrons. The van der Waals surface area contributed by atoms with Gasteiger partial charge in [0.1, 0.15) is 28.5 Å². The smallest absolute Gasteiger partial charge is 0.231 e.